The van der Waals surface area contributed by atoms with E-state index in [0.29, 0.717) is 18.1 Å². The summed E-state index contributed by atoms with van der Waals surface area (Å²) in [6.45, 7) is 3.00. The number of hydrogen-bond acceptors (Lipinski definition) is 6. The van der Waals surface area contributed by atoms with E-state index in [2.05, 4.69) is 9.69 Å². The smallest absolute Gasteiger partial charge is 0.344 e. The highest BCUT2D eigenvalue weighted by atomic mass is 32.1. The zero-order valence-electron chi connectivity index (χ0n) is 10.6. The standard InChI is InChI=1S/C12H19N3O2S/c1-2-17-12(16)9-10(13)15-18-11(9)14-7-8-5-3-4-6-8/h8,14H,2-7H2,1H3,(H2,13,15). The molecule has 0 radical (unpaired) electrons. The van der Waals surface area contributed by atoms with Crippen molar-refractivity contribution in [3.63, 3.8) is 0 Å². The minimum absolute atomic E-state index is 0.257. The van der Waals surface area contributed by atoms with Gasteiger partial charge in [-0.25, -0.2) is 4.79 Å². The van der Waals surface area contributed by atoms with Crippen LogP contribution in [-0.4, -0.2) is 23.5 Å². The number of esters is 1. The van der Waals surface area contributed by atoms with Crippen molar-refractivity contribution in [2.75, 3.05) is 24.2 Å². The van der Waals surface area contributed by atoms with Crippen molar-refractivity contribution in [3.05, 3.63) is 5.56 Å². The van der Waals surface area contributed by atoms with Gasteiger partial charge in [-0.1, -0.05) is 12.8 Å². The average Bonchev–Trinajstić information content (AvgIpc) is 2.96. The summed E-state index contributed by atoms with van der Waals surface area (Å²) in [5.74, 6) is 0.563. The molecule has 2 rings (SSSR count). The van der Waals surface area contributed by atoms with Crippen molar-refractivity contribution in [1.82, 2.24) is 4.37 Å². The van der Waals surface area contributed by atoms with Gasteiger partial charge >= 0.3 is 5.97 Å². The molecule has 1 heterocycles. The van der Waals surface area contributed by atoms with Crippen molar-refractivity contribution >= 4 is 28.3 Å². The first-order valence-corrected chi connectivity index (χ1v) is 7.15. The van der Waals surface area contributed by atoms with Crippen LogP contribution in [0, 0.1) is 5.92 Å². The number of nitrogens with one attached hydrogen (secondary N) is 1. The summed E-state index contributed by atoms with van der Waals surface area (Å²) in [5, 5.41) is 4.02. The summed E-state index contributed by atoms with van der Waals surface area (Å²) in [7, 11) is 0. The minimum atomic E-state index is -0.391. The Hall–Kier alpha value is -1.30. The molecule has 1 aromatic heterocycles. The quantitative estimate of drug-likeness (QED) is 0.803. The molecule has 18 heavy (non-hydrogen) atoms. The van der Waals surface area contributed by atoms with Crippen LogP contribution in [0.2, 0.25) is 0 Å². The molecule has 0 unspecified atom stereocenters. The Morgan fingerprint density at radius 3 is 2.94 bits per heavy atom. The Labute approximate surface area is 111 Å². The number of carbonyl (C=O) groups is 1. The Morgan fingerprint density at radius 1 is 1.56 bits per heavy atom. The van der Waals surface area contributed by atoms with Crippen LogP contribution in [0.4, 0.5) is 10.8 Å². The van der Waals surface area contributed by atoms with Crippen molar-refractivity contribution in [2.24, 2.45) is 5.92 Å². The lowest BCUT2D eigenvalue weighted by Crippen LogP contribution is -2.14. The zero-order valence-corrected chi connectivity index (χ0v) is 11.4. The summed E-state index contributed by atoms with van der Waals surface area (Å²) in [6.07, 6.45) is 5.13. The van der Waals surface area contributed by atoms with E-state index in [9.17, 15) is 4.79 Å². The molecule has 0 saturated heterocycles. The van der Waals surface area contributed by atoms with E-state index in [0.717, 1.165) is 11.5 Å². The van der Waals surface area contributed by atoms with Gasteiger partial charge in [0.1, 0.15) is 10.6 Å². The van der Waals surface area contributed by atoms with Gasteiger partial charge in [-0.15, -0.1) is 0 Å². The van der Waals surface area contributed by atoms with Gasteiger partial charge < -0.3 is 15.8 Å². The summed E-state index contributed by atoms with van der Waals surface area (Å²) >= 11 is 1.23. The fourth-order valence-electron chi connectivity index (χ4n) is 2.28. The summed E-state index contributed by atoms with van der Waals surface area (Å²) in [5.41, 5.74) is 6.10. The number of ether oxygens (including phenoxy) is 1. The predicted molar refractivity (Wildman–Crippen MR) is 72.9 cm³/mol. The van der Waals surface area contributed by atoms with E-state index in [-0.39, 0.29) is 5.82 Å². The second-order valence-corrected chi connectivity index (χ2v) is 5.30. The van der Waals surface area contributed by atoms with E-state index in [1.54, 1.807) is 6.92 Å². The molecule has 5 nitrogen and oxygen atoms in total. The first kappa shape index (κ1) is 13.1. The fourth-order valence-corrected chi connectivity index (χ4v) is 2.98. The molecule has 0 aromatic carbocycles. The summed E-state index contributed by atoms with van der Waals surface area (Å²) < 4.78 is 9.01. The molecule has 1 fully saturated rings. The van der Waals surface area contributed by atoms with Crippen LogP contribution in [0.5, 0.6) is 0 Å². The molecule has 100 valence electrons. The summed E-state index contributed by atoms with van der Waals surface area (Å²) in [6, 6.07) is 0. The second kappa shape index (κ2) is 6.04. The third-order valence-electron chi connectivity index (χ3n) is 3.22. The maximum atomic E-state index is 11.8. The highest BCUT2D eigenvalue weighted by Gasteiger charge is 2.22. The number of carbonyl (C=O) groups excluding carboxylic acids is 1. The van der Waals surface area contributed by atoms with Gasteiger partial charge in [-0.05, 0) is 37.2 Å². The molecular weight excluding hydrogens is 250 g/mol. The van der Waals surface area contributed by atoms with E-state index in [1.807, 2.05) is 0 Å². The molecule has 1 aliphatic carbocycles. The molecule has 1 saturated carbocycles. The molecule has 1 aliphatic rings. The fraction of sp³-hybridized carbons (Fsp3) is 0.667. The van der Waals surface area contributed by atoms with Crippen molar-refractivity contribution in [1.29, 1.82) is 0 Å². The third-order valence-corrected chi connectivity index (χ3v) is 4.04. The highest BCUT2D eigenvalue weighted by molar-refractivity contribution is 7.11. The van der Waals surface area contributed by atoms with Crippen molar-refractivity contribution < 1.29 is 9.53 Å². The number of nitrogen functional groups attached to an aromatic ring is 1. The first-order chi connectivity index (χ1) is 8.72. The molecule has 3 N–H and O–H groups in total. The topological polar surface area (TPSA) is 77.2 Å². The second-order valence-electron chi connectivity index (χ2n) is 4.52. The zero-order chi connectivity index (χ0) is 13.0. The largest absolute Gasteiger partial charge is 0.462 e. The lowest BCUT2D eigenvalue weighted by atomic mass is 10.1. The Morgan fingerprint density at radius 2 is 2.28 bits per heavy atom. The van der Waals surface area contributed by atoms with E-state index in [1.165, 1.54) is 37.2 Å². The molecule has 0 atom stereocenters. The Bertz CT molecular complexity index is 413. The maximum Gasteiger partial charge on any atom is 0.344 e. The predicted octanol–water partition coefficient (Wildman–Crippen LogP) is 2.50. The Kier molecular flexibility index (Phi) is 4.41. The van der Waals surface area contributed by atoms with Crippen LogP contribution in [0.1, 0.15) is 43.0 Å². The summed E-state index contributed by atoms with van der Waals surface area (Å²) in [4.78, 5) is 11.8. The van der Waals surface area contributed by atoms with E-state index >= 15 is 0 Å². The van der Waals surface area contributed by atoms with Crippen LogP contribution < -0.4 is 11.1 Å². The highest BCUT2D eigenvalue weighted by Crippen LogP contribution is 2.30. The molecule has 0 spiro atoms. The van der Waals surface area contributed by atoms with Gasteiger partial charge in [-0.3, -0.25) is 0 Å². The first-order valence-electron chi connectivity index (χ1n) is 6.38. The van der Waals surface area contributed by atoms with Gasteiger partial charge in [0.15, 0.2) is 5.82 Å². The van der Waals surface area contributed by atoms with Crippen molar-refractivity contribution in [2.45, 2.75) is 32.6 Å². The van der Waals surface area contributed by atoms with Crippen LogP contribution in [0.3, 0.4) is 0 Å². The van der Waals surface area contributed by atoms with E-state index < -0.39 is 5.97 Å². The minimum Gasteiger partial charge on any atom is -0.462 e. The van der Waals surface area contributed by atoms with Crippen LogP contribution in [0.25, 0.3) is 0 Å². The monoisotopic (exact) mass is 269 g/mol. The van der Waals surface area contributed by atoms with Gasteiger partial charge in [0, 0.05) is 6.54 Å². The van der Waals surface area contributed by atoms with Crippen LogP contribution >= 0.6 is 11.5 Å². The lowest BCUT2D eigenvalue weighted by Gasteiger charge is -2.11. The average molecular weight is 269 g/mol. The van der Waals surface area contributed by atoms with Gasteiger partial charge in [0.25, 0.3) is 0 Å². The van der Waals surface area contributed by atoms with Gasteiger partial charge in [0.2, 0.25) is 0 Å². The maximum absolute atomic E-state index is 11.8. The molecular formula is C12H19N3O2S. The SMILES string of the molecule is CCOC(=O)c1c(N)nsc1NCC1CCCC1. The Balaban J connectivity index is 2.01. The number of hydrogen-bond donors (Lipinski definition) is 2. The molecule has 0 bridgehead atoms. The number of nitrogens with zero attached hydrogens (tertiary/aromatic N) is 1. The molecule has 0 aliphatic heterocycles. The van der Waals surface area contributed by atoms with Crippen molar-refractivity contribution in [3.8, 4) is 0 Å². The lowest BCUT2D eigenvalue weighted by molar-refractivity contribution is 0.0529. The third kappa shape index (κ3) is 2.93. The van der Waals surface area contributed by atoms with Gasteiger partial charge in [0.05, 0.1) is 6.61 Å². The number of aromatic nitrogens is 1. The van der Waals surface area contributed by atoms with Crippen LogP contribution in [0.15, 0.2) is 0 Å². The van der Waals surface area contributed by atoms with Crippen LogP contribution in [-0.2, 0) is 4.74 Å². The molecule has 6 heteroatoms. The number of anilines is 2. The normalized spacial score (nSPS) is 15.8. The number of nitrogens with two attached hydrogens (primary N) is 1. The number of rotatable bonds is 5. The molecule has 0 amide bonds. The van der Waals surface area contributed by atoms with E-state index in [4.69, 9.17) is 10.5 Å². The van der Waals surface area contributed by atoms with Gasteiger partial charge in [-0.2, -0.15) is 4.37 Å². The molecule has 1 aromatic rings.